The number of aromatic amines is 1. The second-order valence-corrected chi connectivity index (χ2v) is 7.53. The number of thiophene rings is 1. The SMILES string of the molecule is O=C(/C=C/c1cc(F)cc2cc[nH]c12)NS(=O)(=O)c1cccs1. The van der Waals surface area contributed by atoms with E-state index in [1.807, 2.05) is 4.72 Å². The minimum absolute atomic E-state index is 0.0526. The molecule has 0 saturated carbocycles. The van der Waals surface area contributed by atoms with Gasteiger partial charge in [-0.05, 0) is 35.7 Å². The number of H-pyrrole nitrogens is 1. The molecule has 1 amide bonds. The van der Waals surface area contributed by atoms with Crippen LogP contribution in [0.2, 0.25) is 0 Å². The molecule has 8 heteroatoms. The molecule has 3 aromatic rings. The summed E-state index contributed by atoms with van der Waals surface area (Å²) in [5.74, 6) is -1.24. The number of carbonyl (C=O) groups is 1. The van der Waals surface area contributed by atoms with Crippen LogP contribution in [0.3, 0.4) is 0 Å². The molecule has 3 rings (SSSR count). The number of aromatic nitrogens is 1. The van der Waals surface area contributed by atoms with Crippen molar-refractivity contribution in [2.75, 3.05) is 0 Å². The van der Waals surface area contributed by atoms with E-state index in [0.29, 0.717) is 16.5 Å². The van der Waals surface area contributed by atoms with Crippen LogP contribution in [0.5, 0.6) is 0 Å². The predicted octanol–water partition coefficient (Wildman–Crippen LogP) is 2.89. The van der Waals surface area contributed by atoms with Gasteiger partial charge >= 0.3 is 0 Å². The van der Waals surface area contributed by atoms with Gasteiger partial charge < -0.3 is 4.98 Å². The highest BCUT2D eigenvalue weighted by Gasteiger charge is 2.17. The summed E-state index contributed by atoms with van der Waals surface area (Å²) in [6, 6.07) is 7.31. The van der Waals surface area contributed by atoms with Gasteiger partial charge in [-0.25, -0.2) is 17.5 Å². The molecule has 2 aromatic heterocycles. The second-order valence-electron chi connectivity index (χ2n) is 4.67. The van der Waals surface area contributed by atoms with Crippen LogP contribution in [0.1, 0.15) is 5.56 Å². The third kappa shape index (κ3) is 3.33. The highest BCUT2D eigenvalue weighted by atomic mass is 32.2. The summed E-state index contributed by atoms with van der Waals surface area (Å²) in [5.41, 5.74) is 1.12. The Labute approximate surface area is 135 Å². The van der Waals surface area contributed by atoms with Crippen LogP contribution in [0.15, 0.2) is 52.2 Å². The van der Waals surface area contributed by atoms with E-state index in [2.05, 4.69) is 4.98 Å². The molecular formula is C15H11FN2O3S2. The molecule has 0 atom stereocenters. The Kier molecular flexibility index (Phi) is 4.01. The summed E-state index contributed by atoms with van der Waals surface area (Å²) in [4.78, 5) is 14.8. The van der Waals surface area contributed by atoms with E-state index in [0.717, 1.165) is 17.4 Å². The molecule has 2 N–H and O–H groups in total. The third-order valence-corrected chi connectivity index (χ3v) is 5.81. The van der Waals surface area contributed by atoms with Gasteiger partial charge in [0.15, 0.2) is 0 Å². The van der Waals surface area contributed by atoms with Crippen LogP contribution in [-0.2, 0) is 14.8 Å². The first-order chi connectivity index (χ1) is 11.0. The normalized spacial score (nSPS) is 12.0. The molecule has 0 bridgehead atoms. The highest BCUT2D eigenvalue weighted by Crippen LogP contribution is 2.20. The lowest BCUT2D eigenvalue weighted by molar-refractivity contribution is -0.114. The van der Waals surface area contributed by atoms with Gasteiger partial charge in [0.1, 0.15) is 10.0 Å². The Morgan fingerprint density at radius 2 is 2.13 bits per heavy atom. The zero-order chi connectivity index (χ0) is 16.4. The molecule has 0 spiro atoms. The highest BCUT2D eigenvalue weighted by molar-refractivity contribution is 7.92. The molecule has 0 unspecified atom stereocenters. The van der Waals surface area contributed by atoms with E-state index < -0.39 is 21.7 Å². The minimum Gasteiger partial charge on any atom is -0.361 e. The van der Waals surface area contributed by atoms with Crippen LogP contribution < -0.4 is 4.72 Å². The Bertz CT molecular complexity index is 989. The van der Waals surface area contributed by atoms with Gasteiger partial charge in [0.2, 0.25) is 0 Å². The summed E-state index contributed by atoms with van der Waals surface area (Å²) >= 11 is 1.01. The van der Waals surface area contributed by atoms with Gasteiger partial charge in [0.25, 0.3) is 15.9 Å². The van der Waals surface area contributed by atoms with Crippen molar-refractivity contribution >= 4 is 44.2 Å². The van der Waals surface area contributed by atoms with Crippen molar-refractivity contribution in [3.05, 3.63) is 59.4 Å². The van der Waals surface area contributed by atoms with Gasteiger partial charge in [-0.15, -0.1) is 11.3 Å². The molecule has 1 aromatic carbocycles. The zero-order valence-corrected chi connectivity index (χ0v) is 13.2. The molecule has 0 saturated heterocycles. The van der Waals surface area contributed by atoms with E-state index in [1.54, 1.807) is 23.7 Å². The van der Waals surface area contributed by atoms with Crippen molar-refractivity contribution in [2.24, 2.45) is 0 Å². The van der Waals surface area contributed by atoms with E-state index in [9.17, 15) is 17.6 Å². The first-order valence-electron chi connectivity index (χ1n) is 6.51. The van der Waals surface area contributed by atoms with Crippen molar-refractivity contribution in [3.63, 3.8) is 0 Å². The fourth-order valence-electron chi connectivity index (χ4n) is 2.09. The minimum atomic E-state index is -3.87. The molecule has 0 aliphatic carbocycles. The van der Waals surface area contributed by atoms with E-state index in [-0.39, 0.29) is 4.21 Å². The third-order valence-electron chi connectivity index (χ3n) is 3.06. The fraction of sp³-hybridized carbons (Fsp3) is 0. The summed E-state index contributed by atoms with van der Waals surface area (Å²) in [5, 5.41) is 2.26. The van der Waals surface area contributed by atoms with E-state index in [4.69, 9.17) is 0 Å². The molecule has 118 valence electrons. The smallest absolute Gasteiger partial charge is 0.273 e. The van der Waals surface area contributed by atoms with Crippen molar-refractivity contribution in [1.82, 2.24) is 9.71 Å². The molecule has 0 fully saturated rings. The average molecular weight is 350 g/mol. The quantitative estimate of drug-likeness (QED) is 0.710. The Morgan fingerprint density at radius 3 is 2.87 bits per heavy atom. The number of benzene rings is 1. The summed E-state index contributed by atoms with van der Waals surface area (Å²) in [7, 11) is -3.87. The number of fused-ring (bicyclic) bond motifs is 1. The first kappa shape index (κ1) is 15.4. The monoisotopic (exact) mass is 350 g/mol. The Morgan fingerprint density at radius 1 is 1.30 bits per heavy atom. The van der Waals surface area contributed by atoms with E-state index in [1.165, 1.54) is 24.3 Å². The lowest BCUT2D eigenvalue weighted by Crippen LogP contribution is -2.28. The summed E-state index contributed by atoms with van der Waals surface area (Å²) < 4.78 is 39.3. The van der Waals surface area contributed by atoms with Crippen LogP contribution in [0.4, 0.5) is 4.39 Å². The Hall–Kier alpha value is -2.45. The van der Waals surface area contributed by atoms with Gasteiger partial charge in [-0.3, -0.25) is 4.79 Å². The maximum absolute atomic E-state index is 13.5. The van der Waals surface area contributed by atoms with Crippen molar-refractivity contribution in [2.45, 2.75) is 4.21 Å². The standard InChI is InChI=1S/C15H11FN2O3S2/c16-12-8-10(15-11(9-12)5-6-17-15)3-4-13(19)18-23(20,21)14-2-1-7-22-14/h1-9,17H,(H,18,19)/b4-3+. The number of rotatable bonds is 4. The van der Waals surface area contributed by atoms with Crippen molar-refractivity contribution in [1.29, 1.82) is 0 Å². The number of halogens is 1. The van der Waals surface area contributed by atoms with Crippen molar-refractivity contribution in [3.8, 4) is 0 Å². The molecular weight excluding hydrogens is 339 g/mol. The average Bonchev–Trinajstić information content (AvgIpc) is 3.15. The molecule has 23 heavy (non-hydrogen) atoms. The zero-order valence-electron chi connectivity index (χ0n) is 11.6. The molecule has 5 nitrogen and oxygen atoms in total. The molecule has 2 heterocycles. The summed E-state index contributed by atoms with van der Waals surface area (Å²) in [6.45, 7) is 0. The first-order valence-corrected chi connectivity index (χ1v) is 8.87. The van der Waals surface area contributed by atoms with Gasteiger partial charge in [0.05, 0.1) is 5.52 Å². The molecule has 0 radical (unpaired) electrons. The number of hydrogen-bond acceptors (Lipinski definition) is 4. The number of amides is 1. The molecule has 0 aliphatic rings. The van der Waals surface area contributed by atoms with Crippen LogP contribution in [-0.4, -0.2) is 19.3 Å². The second kappa shape index (κ2) is 5.98. The lowest BCUT2D eigenvalue weighted by Gasteiger charge is -2.02. The number of nitrogens with one attached hydrogen (secondary N) is 2. The number of carbonyl (C=O) groups excluding carboxylic acids is 1. The number of sulfonamides is 1. The van der Waals surface area contributed by atoms with Gasteiger partial charge in [0, 0.05) is 23.2 Å². The van der Waals surface area contributed by atoms with Crippen LogP contribution in [0, 0.1) is 5.82 Å². The van der Waals surface area contributed by atoms with E-state index >= 15 is 0 Å². The lowest BCUT2D eigenvalue weighted by atomic mass is 10.1. The fourth-order valence-corrected chi connectivity index (χ4v) is 4.03. The number of hydrogen-bond donors (Lipinski definition) is 2. The van der Waals surface area contributed by atoms with Gasteiger partial charge in [-0.1, -0.05) is 6.07 Å². The summed E-state index contributed by atoms with van der Waals surface area (Å²) in [6.07, 6.45) is 4.07. The Balaban J connectivity index is 1.82. The van der Waals surface area contributed by atoms with Gasteiger partial charge in [-0.2, -0.15) is 0 Å². The van der Waals surface area contributed by atoms with Crippen molar-refractivity contribution < 1.29 is 17.6 Å². The largest absolute Gasteiger partial charge is 0.361 e. The van der Waals surface area contributed by atoms with Crippen LogP contribution >= 0.6 is 11.3 Å². The topological polar surface area (TPSA) is 79.0 Å². The maximum Gasteiger partial charge on any atom is 0.273 e. The maximum atomic E-state index is 13.5. The molecule has 0 aliphatic heterocycles. The van der Waals surface area contributed by atoms with Crippen LogP contribution in [0.25, 0.3) is 17.0 Å². The predicted molar refractivity (Wildman–Crippen MR) is 86.9 cm³/mol.